The number of aromatic nitrogens is 3. The van der Waals surface area contributed by atoms with Crippen LogP contribution in [0.2, 0.25) is 0 Å². The number of nitrogens with one attached hydrogen (secondary N) is 2. The van der Waals surface area contributed by atoms with Gasteiger partial charge in [0.05, 0.1) is 18.2 Å². The van der Waals surface area contributed by atoms with Gasteiger partial charge in [-0.25, -0.2) is 4.68 Å². The fraction of sp³-hybridized carbons (Fsp3) is 0.448. The second-order valence-electron chi connectivity index (χ2n) is 9.61. The van der Waals surface area contributed by atoms with E-state index in [9.17, 15) is 9.59 Å². The fourth-order valence-corrected chi connectivity index (χ4v) is 4.03. The second kappa shape index (κ2) is 13.6. The van der Waals surface area contributed by atoms with Crippen molar-refractivity contribution in [2.75, 3.05) is 19.9 Å². The van der Waals surface area contributed by atoms with Gasteiger partial charge < -0.3 is 24.8 Å². The fourth-order valence-electron chi connectivity index (χ4n) is 4.03. The third-order valence-electron chi connectivity index (χ3n) is 6.44. The first-order valence-electron chi connectivity index (χ1n) is 13.5. The number of carbonyl (C=O) groups excluding carboxylic acids is 2. The molecule has 39 heavy (non-hydrogen) atoms. The summed E-state index contributed by atoms with van der Waals surface area (Å²) in [6.45, 7) is 9.05. The highest BCUT2D eigenvalue weighted by Gasteiger charge is 2.27. The minimum absolute atomic E-state index is 0.0799. The Labute approximate surface area is 229 Å². The van der Waals surface area contributed by atoms with Gasteiger partial charge in [0.15, 0.2) is 17.2 Å². The molecule has 208 valence electrons. The lowest BCUT2D eigenvalue weighted by atomic mass is 10.1. The van der Waals surface area contributed by atoms with Crippen molar-refractivity contribution in [1.82, 2.24) is 25.6 Å². The summed E-state index contributed by atoms with van der Waals surface area (Å²) in [4.78, 5) is 25.2. The molecule has 1 unspecified atom stereocenters. The molecule has 0 saturated heterocycles. The van der Waals surface area contributed by atoms with E-state index >= 15 is 0 Å². The number of carbonyl (C=O) groups is 2. The van der Waals surface area contributed by atoms with E-state index in [1.807, 2.05) is 31.2 Å². The van der Waals surface area contributed by atoms with Crippen LogP contribution in [0, 0.1) is 5.92 Å². The quantitative estimate of drug-likeness (QED) is 0.201. The van der Waals surface area contributed by atoms with Gasteiger partial charge in [-0.1, -0.05) is 36.8 Å². The first kappa shape index (κ1) is 27.9. The number of benzene rings is 1. The van der Waals surface area contributed by atoms with E-state index in [1.165, 1.54) is 0 Å². The Bertz CT molecular complexity index is 1230. The van der Waals surface area contributed by atoms with E-state index in [2.05, 4.69) is 34.4 Å². The van der Waals surface area contributed by atoms with Crippen LogP contribution in [0.3, 0.4) is 0 Å². The third-order valence-corrected chi connectivity index (χ3v) is 6.44. The van der Waals surface area contributed by atoms with Crippen LogP contribution < -0.4 is 24.8 Å². The maximum absolute atomic E-state index is 12.9. The summed E-state index contributed by atoms with van der Waals surface area (Å²) in [5.74, 6) is 1.33. The van der Waals surface area contributed by atoms with Gasteiger partial charge in [0.2, 0.25) is 12.7 Å². The van der Waals surface area contributed by atoms with Gasteiger partial charge in [0.25, 0.3) is 5.91 Å². The highest BCUT2D eigenvalue weighted by Crippen LogP contribution is 2.35. The number of nitrogens with zero attached hydrogens (tertiary/aromatic N) is 3. The summed E-state index contributed by atoms with van der Waals surface area (Å²) in [5, 5.41) is 14.4. The Morgan fingerprint density at radius 1 is 1.26 bits per heavy atom. The summed E-state index contributed by atoms with van der Waals surface area (Å²) < 4.78 is 18.3. The van der Waals surface area contributed by atoms with Crippen molar-refractivity contribution in [1.29, 1.82) is 0 Å². The molecule has 1 aliphatic heterocycles. The van der Waals surface area contributed by atoms with Crippen LogP contribution in [0.15, 0.2) is 49.1 Å². The zero-order chi connectivity index (χ0) is 27.6. The molecule has 1 aliphatic carbocycles. The molecule has 0 bridgehead atoms. The number of unbranched alkanes of at least 4 members (excludes halogenated alkanes) is 1. The van der Waals surface area contributed by atoms with Crippen LogP contribution in [0.5, 0.6) is 17.2 Å². The van der Waals surface area contributed by atoms with E-state index in [4.69, 9.17) is 14.2 Å². The standard InChI is InChI=1S/C29H37N5O5/c1-4-6-16-30-28(35)21(5-2)10-7-9-20(3)34-24(27(32-33-34)29(36)31-22-12-13-22)11-8-17-37-23-14-15-25-26(18-23)39-19-38-25/h5,7,9-10,14-15,18,21-22H,2,4,6,8,11-13,16-17,19H2,1,3H3,(H,30,35)(H,31,36)/b10-7?,20-9+. The normalized spacial score (nSPS) is 15.3. The van der Waals surface area contributed by atoms with E-state index in [1.54, 1.807) is 22.9 Å². The first-order valence-corrected chi connectivity index (χ1v) is 13.5. The molecular formula is C29H37N5O5. The molecule has 1 aromatic heterocycles. The van der Waals surface area contributed by atoms with Gasteiger partial charge in [-0.2, -0.15) is 0 Å². The Kier molecular flexibility index (Phi) is 9.77. The maximum Gasteiger partial charge on any atom is 0.273 e. The molecule has 2 aliphatic rings. The molecule has 1 saturated carbocycles. The highest BCUT2D eigenvalue weighted by molar-refractivity contribution is 5.94. The Morgan fingerprint density at radius 3 is 2.85 bits per heavy atom. The Balaban J connectivity index is 1.41. The summed E-state index contributed by atoms with van der Waals surface area (Å²) in [5.41, 5.74) is 1.80. The molecule has 10 nitrogen and oxygen atoms in total. The lowest BCUT2D eigenvalue weighted by Crippen LogP contribution is -2.29. The average molecular weight is 536 g/mol. The highest BCUT2D eigenvalue weighted by atomic mass is 16.7. The maximum atomic E-state index is 12.9. The van der Waals surface area contributed by atoms with Gasteiger partial charge in [0.1, 0.15) is 5.75 Å². The minimum Gasteiger partial charge on any atom is -0.493 e. The van der Waals surface area contributed by atoms with Crippen LogP contribution in [0.25, 0.3) is 5.70 Å². The van der Waals surface area contributed by atoms with Gasteiger partial charge in [-0.3, -0.25) is 9.59 Å². The predicted molar refractivity (Wildman–Crippen MR) is 148 cm³/mol. The summed E-state index contributed by atoms with van der Waals surface area (Å²) in [6, 6.07) is 5.68. The van der Waals surface area contributed by atoms with Gasteiger partial charge >= 0.3 is 0 Å². The van der Waals surface area contributed by atoms with E-state index in [0.717, 1.165) is 31.4 Å². The average Bonchev–Trinajstić information content (AvgIpc) is 3.44. The molecule has 1 atom stereocenters. The van der Waals surface area contributed by atoms with Crippen molar-refractivity contribution in [3.8, 4) is 17.2 Å². The van der Waals surface area contributed by atoms with Crippen LogP contribution in [0.1, 0.15) is 62.1 Å². The summed E-state index contributed by atoms with van der Waals surface area (Å²) in [7, 11) is 0. The van der Waals surface area contributed by atoms with Crippen LogP contribution >= 0.6 is 0 Å². The van der Waals surface area contributed by atoms with Gasteiger partial charge in [0, 0.05) is 24.4 Å². The third kappa shape index (κ3) is 7.72. The molecule has 0 radical (unpaired) electrons. The first-order chi connectivity index (χ1) is 19.0. The van der Waals surface area contributed by atoms with Crippen molar-refractivity contribution >= 4 is 17.5 Å². The van der Waals surface area contributed by atoms with E-state index in [0.29, 0.717) is 54.6 Å². The topological polar surface area (TPSA) is 117 Å². The molecule has 2 N–H and O–H groups in total. The van der Waals surface area contributed by atoms with Crippen molar-refractivity contribution in [2.45, 2.75) is 58.4 Å². The van der Waals surface area contributed by atoms with Crippen molar-refractivity contribution in [3.63, 3.8) is 0 Å². The van der Waals surface area contributed by atoms with Gasteiger partial charge in [-0.05, 0) is 57.2 Å². The SMILES string of the molecule is C=CC(C=C/C=C(\C)n1nnc(C(=O)NC2CC2)c1CCCOc1ccc2c(c1)OCO2)C(=O)NCCCC. The second-order valence-corrected chi connectivity index (χ2v) is 9.61. The van der Waals surface area contributed by atoms with E-state index < -0.39 is 5.92 Å². The number of fused-ring (bicyclic) bond motifs is 1. The van der Waals surface area contributed by atoms with Crippen molar-refractivity contribution in [3.05, 3.63) is 60.5 Å². The zero-order valence-corrected chi connectivity index (χ0v) is 22.7. The largest absolute Gasteiger partial charge is 0.493 e. The molecule has 2 aromatic rings. The van der Waals surface area contributed by atoms with Crippen molar-refractivity contribution in [2.24, 2.45) is 5.92 Å². The molecule has 1 aromatic carbocycles. The molecule has 0 spiro atoms. The summed E-state index contributed by atoms with van der Waals surface area (Å²) in [6.07, 6.45) is 12.2. The molecule has 2 heterocycles. The Hall–Kier alpha value is -4.08. The van der Waals surface area contributed by atoms with E-state index in [-0.39, 0.29) is 24.6 Å². The number of hydrogen-bond donors (Lipinski definition) is 2. The number of ether oxygens (including phenoxy) is 3. The molecule has 10 heteroatoms. The smallest absolute Gasteiger partial charge is 0.273 e. The predicted octanol–water partition coefficient (Wildman–Crippen LogP) is 4.05. The monoisotopic (exact) mass is 535 g/mol. The van der Waals surface area contributed by atoms with Crippen LogP contribution in [0.4, 0.5) is 0 Å². The van der Waals surface area contributed by atoms with Gasteiger partial charge in [-0.15, -0.1) is 11.7 Å². The molecule has 1 fully saturated rings. The van der Waals surface area contributed by atoms with Crippen molar-refractivity contribution < 1.29 is 23.8 Å². The number of allylic oxidation sites excluding steroid dienone is 3. The lowest BCUT2D eigenvalue weighted by Gasteiger charge is -2.10. The molecule has 4 rings (SSSR count). The minimum atomic E-state index is -0.436. The number of amides is 2. The van der Waals surface area contributed by atoms with Crippen LogP contribution in [-0.4, -0.2) is 52.8 Å². The Morgan fingerprint density at radius 2 is 2.08 bits per heavy atom. The summed E-state index contributed by atoms with van der Waals surface area (Å²) >= 11 is 0. The van der Waals surface area contributed by atoms with Crippen LogP contribution in [-0.2, 0) is 11.2 Å². The molecule has 2 amide bonds. The zero-order valence-electron chi connectivity index (χ0n) is 22.7. The molecular weight excluding hydrogens is 498 g/mol. The lowest BCUT2D eigenvalue weighted by molar-refractivity contribution is -0.122. The number of rotatable bonds is 15. The number of hydrogen-bond acceptors (Lipinski definition) is 7.